The van der Waals surface area contributed by atoms with Crippen LogP contribution in [0.4, 0.5) is 11.4 Å². The highest BCUT2D eigenvalue weighted by molar-refractivity contribution is 5.95. The molecule has 0 atom stereocenters. The molecule has 2 rings (SSSR count). The van der Waals surface area contributed by atoms with E-state index in [1.54, 1.807) is 18.2 Å². The van der Waals surface area contributed by atoms with Gasteiger partial charge in [0.05, 0.1) is 7.11 Å². The van der Waals surface area contributed by atoms with Gasteiger partial charge in [0.25, 0.3) is 5.91 Å². The number of hydrogen-bond acceptors (Lipinski definition) is 7. The summed E-state index contributed by atoms with van der Waals surface area (Å²) in [6.07, 6.45) is 0. The minimum absolute atomic E-state index is 0.114. The summed E-state index contributed by atoms with van der Waals surface area (Å²) in [5.74, 6) is -0.666. The number of ether oxygens (including phenoxy) is 3. The van der Waals surface area contributed by atoms with Gasteiger partial charge in [-0.05, 0) is 49.4 Å². The van der Waals surface area contributed by atoms with Gasteiger partial charge in [-0.25, -0.2) is 4.79 Å². The number of hydrogen-bond donors (Lipinski definition) is 1. The van der Waals surface area contributed by atoms with Crippen LogP contribution in [0.15, 0.2) is 42.5 Å². The highest BCUT2D eigenvalue weighted by Crippen LogP contribution is 2.28. The maximum absolute atomic E-state index is 11.9. The van der Waals surface area contributed by atoms with Crippen LogP contribution in [-0.4, -0.2) is 52.1 Å². The maximum Gasteiger partial charge on any atom is 0.344 e. The van der Waals surface area contributed by atoms with E-state index in [0.29, 0.717) is 22.7 Å². The lowest BCUT2D eigenvalue weighted by Gasteiger charge is -2.13. The number of rotatable bonds is 9. The summed E-state index contributed by atoms with van der Waals surface area (Å²) in [6, 6.07) is 11.9. The van der Waals surface area contributed by atoms with Crippen molar-refractivity contribution in [2.24, 2.45) is 0 Å². The van der Waals surface area contributed by atoms with Gasteiger partial charge in [-0.2, -0.15) is 0 Å². The number of anilines is 2. The van der Waals surface area contributed by atoms with Crippen LogP contribution >= 0.6 is 0 Å². The molecule has 0 fully saturated rings. The van der Waals surface area contributed by atoms with E-state index in [4.69, 9.17) is 14.2 Å². The number of esters is 1. The van der Waals surface area contributed by atoms with E-state index in [1.807, 2.05) is 31.1 Å². The second-order valence-corrected chi connectivity index (χ2v) is 6.36. The van der Waals surface area contributed by atoms with Crippen molar-refractivity contribution < 1.29 is 28.6 Å². The first-order valence-electron chi connectivity index (χ1n) is 8.84. The Morgan fingerprint density at radius 2 is 1.66 bits per heavy atom. The van der Waals surface area contributed by atoms with Crippen molar-refractivity contribution in [3.63, 3.8) is 0 Å². The van der Waals surface area contributed by atoms with Crippen LogP contribution in [0.5, 0.6) is 11.5 Å². The number of Topliss-reactive ketones (excluding diaryl/α,β-unsaturated/α-hetero) is 1. The largest absolute Gasteiger partial charge is 0.493 e. The van der Waals surface area contributed by atoms with E-state index >= 15 is 0 Å². The minimum Gasteiger partial charge on any atom is -0.493 e. The number of nitrogens with zero attached hydrogens (tertiary/aromatic N) is 1. The third-order valence-corrected chi connectivity index (χ3v) is 3.95. The zero-order chi connectivity index (χ0) is 21.4. The molecule has 0 spiro atoms. The van der Waals surface area contributed by atoms with E-state index in [9.17, 15) is 14.4 Å². The summed E-state index contributed by atoms with van der Waals surface area (Å²) in [4.78, 5) is 37.1. The number of methoxy groups -OCH3 is 1. The maximum atomic E-state index is 11.9. The fraction of sp³-hybridized carbons (Fsp3) is 0.286. The van der Waals surface area contributed by atoms with Gasteiger partial charge in [0, 0.05) is 31.0 Å². The lowest BCUT2D eigenvalue weighted by molar-refractivity contribution is -0.149. The molecule has 0 saturated heterocycles. The summed E-state index contributed by atoms with van der Waals surface area (Å²) in [7, 11) is 5.27. The molecule has 1 amide bonds. The van der Waals surface area contributed by atoms with Crippen LogP contribution in [0.3, 0.4) is 0 Å². The molecule has 0 aliphatic heterocycles. The lowest BCUT2D eigenvalue weighted by Crippen LogP contribution is -2.23. The van der Waals surface area contributed by atoms with Crippen molar-refractivity contribution in [2.75, 3.05) is 44.6 Å². The molecule has 0 bridgehead atoms. The van der Waals surface area contributed by atoms with Crippen molar-refractivity contribution in [1.29, 1.82) is 0 Å². The number of nitrogens with one attached hydrogen (secondary N) is 1. The molecule has 0 aromatic heterocycles. The first-order chi connectivity index (χ1) is 13.8. The van der Waals surface area contributed by atoms with Crippen LogP contribution in [-0.2, 0) is 14.3 Å². The van der Waals surface area contributed by atoms with Crippen LogP contribution in [0, 0.1) is 0 Å². The zero-order valence-electron chi connectivity index (χ0n) is 16.9. The molecule has 29 heavy (non-hydrogen) atoms. The third-order valence-electron chi connectivity index (χ3n) is 3.95. The van der Waals surface area contributed by atoms with Gasteiger partial charge in [0.1, 0.15) is 0 Å². The normalized spacial score (nSPS) is 10.1. The fourth-order valence-corrected chi connectivity index (χ4v) is 2.37. The standard InChI is InChI=1S/C21H24N2O6/c1-14(24)15-5-10-18(19(11-15)27-4)28-13-21(26)29-12-20(25)22-16-6-8-17(9-7-16)23(2)3/h5-11H,12-13H2,1-4H3,(H,22,25). The van der Waals surface area contributed by atoms with Crippen LogP contribution in [0.2, 0.25) is 0 Å². The summed E-state index contributed by atoms with van der Waals surface area (Å²) in [5, 5.41) is 2.64. The van der Waals surface area contributed by atoms with E-state index in [1.165, 1.54) is 26.2 Å². The molecule has 0 heterocycles. The fourth-order valence-electron chi connectivity index (χ4n) is 2.37. The van der Waals surface area contributed by atoms with E-state index < -0.39 is 25.1 Å². The third kappa shape index (κ3) is 6.53. The average molecular weight is 400 g/mol. The van der Waals surface area contributed by atoms with Crippen molar-refractivity contribution in [2.45, 2.75) is 6.92 Å². The molecule has 0 saturated carbocycles. The van der Waals surface area contributed by atoms with Crippen molar-refractivity contribution >= 4 is 29.0 Å². The second kappa shape index (κ2) is 10.1. The topological polar surface area (TPSA) is 94.2 Å². The summed E-state index contributed by atoms with van der Waals surface area (Å²) in [5.41, 5.74) is 2.06. The van der Waals surface area contributed by atoms with Gasteiger partial charge < -0.3 is 24.4 Å². The Labute approximate surface area is 169 Å². The lowest BCUT2D eigenvalue weighted by atomic mass is 10.1. The Bertz CT molecular complexity index is 877. The smallest absolute Gasteiger partial charge is 0.344 e. The highest BCUT2D eigenvalue weighted by Gasteiger charge is 2.12. The van der Waals surface area contributed by atoms with Gasteiger partial charge in [-0.15, -0.1) is 0 Å². The first kappa shape index (κ1) is 21.7. The number of ketones is 1. The number of carbonyl (C=O) groups is 3. The van der Waals surface area contributed by atoms with Crippen LogP contribution in [0.25, 0.3) is 0 Å². The first-order valence-corrected chi connectivity index (χ1v) is 8.84. The zero-order valence-corrected chi connectivity index (χ0v) is 16.9. The Morgan fingerprint density at radius 1 is 0.966 bits per heavy atom. The van der Waals surface area contributed by atoms with Crippen molar-refractivity contribution in [3.05, 3.63) is 48.0 Å². The minimum atomic E-state index is -0.708. The van der Waals surface area contributed by atoms with Gasteiger partial charge in [-0.1, -0.05) is 0 Å². The molecule has 0 radical (unpaired) electrons. The monoisotopic (exact) mass is 400 g/mol. The predicted octanol–water partition coefficient (Wildman–Crippen LogP) is 2.52. The van der Waals surface area contributed by atoms with Gasteiger partial charge in [0.2, 0.25) is 0 Å². The van der Waals surface area contributed by atoms with Crippen LogP contribution < -0.4 is 19.7 Å². The Morgan fingerprint density at radius 3 is 2.24 bits per heavy atom. The molecule has 1 N–H and O–H groups in total. The van der Waals surface area contributed by atoms with Crippen molar-refractivity contribution in [3.8, 4) is 11.5 Å². The molecule has 2 aromatic rings. The number of benzene rings is 2. The number of carbonyl (C=O) groups excluding carboxylic acids is 3. The molecule has 154 valence electrons. The highest BCUT2D eigenvalue weighted by atomic mass is 16.6. The Kier molecular flexibility index (Phi) is 7.59. The number of amides is 1. The van der Waals surface area contributed by atoms with E-state index in [0.717, 1.165) is 5.69 Å². The molecule has 8 nitrogen and oxygen atoms in total. The molecular formula is C21H24N2O6. The van der Waals surface area contributed by atoms with E-state index in [2.05, 4.69) is 5.32 Å². The molecule has 0 unspecified atom stereocenters. The van der Waals surface area contributed by atoms with Gasteiger partial charge in [-0.3, -0.25) is 9.59 Å². The average Bonchev–Trinajstić information content (AvgIpc) is 2.70. The quantitative estimate of drug-likeness (QED) is 0.511. The Hall–Kier alpha value is -3.55. The molecule has 2 aromatic carbocycles. The summed E-state index contributed by atoms with van der Waals surface area (Å²) < 4.78 is 15.4. The SMILES string of the molecule is COc1cc(C(C)=O)ccc1OCC(=O)OCC(=O)Nc1ccc(N(C)C)cc1. The van der Waals surface area contributed by atoms with E-state index in [-0.39, 0.29) is 5.78 Å². The predicted molar refractivity (Wildman–Crippen MR) is 109 cm³/mol. The van der Waals surface area contributed by atoms with Gasteiger partial charge >= 0.3 is 5.97 Å². The van der Waals surface area contributed by atoms with Gasteiger partial charge in [0.15, 0.2) is 30.5 Å². The Balaban J connectivity index is 1.81. The van der Waals surface area contributed by atoms with Crippen LogP contribution in [0.1, 0.15) is 17.3 Å². The second-order valence-electron chi connectivity index (χ2n) is 6.36. The van der Waals surface area contributed by atoms with Crippen molar-refractivity contribution in [1.82, 2.24) is 0 Å². The molecule has 8 heteroatoms. The molecule has 0 aliphatic rings. The summed E-state index contributed by atoms with van der Waals surface area (Å²) in [6.45, 7) is 0.604. The molecule has 0 aliphatic carbocycles. The molecular weight excluding hydrogens is 376 g/mol. The summed E-state index contributed by atoms with van der Waals surface area (Å²) >= 11 is 0.